The standard InChI is InChI=1S/C21H26N2O3S/c1-3-16-9-7-10-17(4-2)20(16)22-21(24)18-11-8-12-19(15-18)23-13-5-6-14-27(23,25)26/h7-12,15H,3-6,13-14H2,1-2H3,(H,22,24). The summed E-state index contributed by atoms with van der Waals surface area (Å²) in [5, 5.41) is 3.04. The summed E-state index contributed by atoms with van der Waals surface area (Å²) in [7, 11) is -3.30. The predicted octanol–water partition coefficient (Wildman–Crippen LogP) is 3.99. The van der Waals surface area contributed by atoms with Gasteiger partial charge in [0, 0.05) is 17.8 Å². The average molecular weight is 387 g/mol. The third-order valence-electron chi connectivity index (χ3n) is 4.98. The molecular weight excluding hydrogens is 360 g/mol. The monoisotopic (exact) mass is 386 g/mol. The molecule has 1 aliphatic heterocycles. The maximum atomic E-state index is 12.9. The summed E-state index contributed by atoms with van der Waals surface area (Å²) >= 11 is 0. The van der Waals surface area contributed by atoms with Gasteiger partial charge in [0.15, 0.2) is 0 Å². The first-order valence-electron chi connectivity index (χ1n) is 9.49. The van der Waals surface area contributed by atoms with Crippen molar-refractivity contribution in [2.24, 2.45) is 0 Å². The van der Waals surface area contributed by atoms with Crippen LogP contribution in [0.4, 0.5) is 11.4 Å². The van der Waals surface area contributed by atoms with Crippen molar-refractivity contribution in [3.05, 3.63) is 59.2 Å². The van der Waals surface area contributed by atoms with Crippen LogP contribution < -0.4 is 9.62 Å². The second-order valence-electron chi connectivity index (χ2n) is 6.76. The fourth-order valence-electron chi connectivity index (χ4n) is 3.47. The van der Waals surface area contributed by atoms with Crippen molar-refractivity contribution >= 4 is 27.3 Å². The van der Waals surface area contributed by atoms with Gasteiger partial charge in [-0.2, -0.15) is 0 Å². The highest BCUT2D eigenvalue weighted by Crippen LogP contribution is 2.26. The Morgan fingerprint density at radius 2 is 1.70 bits per heavy atom. The molecule has 0 unspecified atom stereocenters. The van der Waals surface area contributed by atoms with Gasteiger partial charge in [-0.3, -0.25) is 9.10 Å². The minimum Gasteiger partial charge on any atom is -0.321 e. The van der Waals surface area contributed by atoms with Crippen LogP contribution in [0.3, 0.4) is 0 Å². The zero-order valence-corrected chi connectivity index (χ0v) is 16.7. The molecule has 2 aromatic carbocycles. The second kappa shape index (κ2) is 8.13. The Balaban J connectivity index is 1.89. The molecule has 0 bridgehead atoms. The summed E-state index contributed by atoms with van der Waals surface area (Å²) in [6.07, 6.45) is 3.18. The largest absolute Gasteiger partial charge is 0.321 e. The van der Waals surface area contributed by atoms with Gasteiger partial charge in [0.1, 0.15) is 0 Å². The van der Waals surface area contributed by atoms with Crippen LogP contribution in [0.2, 0.25) is 0 Å². The van der Waals surface area contributed by atoms with E-state index in [2.05, 4.69) is 19.2 Å². The lowest BCUT2D eigenvalue weighted by atomic mass is 10.0. The molecule has 6 heteroatoms. The SMILES string of the molecule is CCc1cccc(CC)c1NC(=O)c1cccc(N2CCCCS2(=O)=O)c1. The van der Waals surface area contributed by atoms with Crippen molar-refractivity contribution in [1.29, 1.82) is 0 Å². The fourth-order valence-corrected chi connectivity index (χ4v) is 5.10. The number of nitrogens with zero attached hydrogens (tertiary/aromatic N) is 1. The fraction of sp³-hybridized carbons (Fsp3) is 0.381. The number of amides is 1. The molecule has 0 aliphatic carbocycles. The predicted molar refractivity (Wildman–Crippen MR) is 110 cm³/mol. The Morgan fingerprint density at radius 1 is 1.04 bits per heavy atom. The van der Waals surface area contributed by atoms with Gasteiger partial charge >= 0.3 is 0 Å². The number of para-hydroxylation sites is 1. The Bertz CT molecular complexity index is 916. The molecule has 1 N–H and O–H groups in total. The van der Waals surface area contributed by atoms with Gasteiger partial charge in [-0.25, -0.2) is 8.42 Å². The summed E-state index contributed by atoms with van der Waals surface area (Å²) in [5.41, 5.74) is 4.07. The van der Waals surface area contributed by atoms with Crippen molar-refractivity contribution in [1.82, 2.24) is 0 Å². The van der Waals surface area contributed by atoms with Crippen molar-refractivity contribution in [2.45, 2.75) is 39.5 Å². The Kier molecular flexibility index (Phi) is 5.85. The molecule has 3 rings (SSSR count). The summed E-state index contributed by atoms with van der Waals surface area (Å²) in [4.78, 5) is 12.9. The van der Waals surface area contributed by atoms with Crippen molar-refractivity contribution in [3.63, 3.8) is 0 Å². The first-order chi connectivity index (χ1) is 13.0. The number of rotatable bonds is 5. The lowest BCUT2D eigenvalue weighted by molar-refractivity contribution is 0.102. The molecule has 0 atom stereocenters. The van der Waals surface area contributed by atoms with E-state index in [0.717, 1.165) is 36.1 Å². The molecule has 2 aromatic rings. The number of carbonyl (C=O) groups excluding carboxylic acids is 1. The zero-order chi connectivity index (χ0) is 19.4. The number of nitrogens with one attached hydrogen (secondary N) is 1. The highest BCUT2D eigenvalue weighted by molar-refractivity contribution is 7.92. The maximum Gasteiger partial charge on any atom is 0.255 e. The molecule has 0 aromatic heterocycles. The van der Waals surface area contributed by atoms with Crippen LogP contribution in [-0.4, -0.2) is 26.6 Å². The molecule has 0 radical (unpaired) electrons. The van der Waals surface area contributed by atoms with Crippen LogP contribution in [0.25, 0.3) is 0 Å². The van der Waals surface area contributed by atoms with Gasteiger partial charge in [0.05, 0.1) is 11.4 Å². The quantitative estimate of drug-likeness (QED) is 0.845. The minimum atomic E-state index is -3.30. The van der Waals surface area contributed by atoms with Crippen LogP contribution in [-0.2, 0) is 22.9 Å². The van der Waals surface area contributed by atoms with E-state index in [1.54, 1.807) is 24.3 Å². The van der Waals surface area contributed by atoms with Crippen LogP contribution >= 0.6 is 0 Å². The number of anilines is 2. The molecule has 0 saturated carbocycles. The zero-order valence-electron chi connectivity index (χ0n) is 15.9. The summed E-state index contributed by atoms with van der Waals surface area (Å²) in [6.45, 7) is 4.59. The molecule has 144 valence electrons. The summed E-state index contributed by atoms with van der Waals surface area (Å²) in [5.74, 6) is -0.0606. The van der Waals surface area contributed by atoms with Crippen molar-refractivity contribution in [3.8, 4) is 0 Å². The van der Waals surface area contributed by atoms with E-state index in [4.69, 9.17) is 0 Å². The normalized spacial score (nSPS) is 16.1. The highest BCUT2D eigenvalue weighted by Gasteiger charge is 2.26. The smallest absolute Gasteiger partial charge is 0.255 e. The first kappa shape index (κ1) is 19.4. The molecule has 1 fully saturated rings. The van der Waals surface area contributed by atoms with Gasteiger partial charge in [0.2, 0.25) is 10.0 Å². The third kappa shape index (κ3) is 4.16. The van der Waals surface area contributed by atoms with Gasteiger partial charge < -0.3 is 5.32 Å². The number of carbonyl (C=O) groups is 1. The van der Waals surface area contributed by atoms with E-state index in [1.807, 2.05) is 18.2 Å². The van der Waals surface area contributed by atoms with E-state index in [0.29, 0.717) is 24.2 Å². The summed E-state index contributed by atoms with van der Waals surface area (Å²) < 4.78 is 26.1. The lowest BCUT2D eigenvalue weighted by Crippen LogP contribution is -2.37. The minimum absolute atomic E-state index is 0.160. The topological polar surface area (TPSA) is 66.5 Å². The van der Waals surface area contributed by atoms with Gasteiger partial charge in [-0.1, -0.05) is 38.1 Å². The Labute approximate surface area is 161 Å². The lowest BCUT2D eigenvalue weighted by Gasteiger charge is -2.28. The van der Waals surface area contributed by atoms with Crippen molar-refractivity contribution < 1.29 is 13.2 Å². The molecule has 1 amide bonds. The van der Waals surface area contributed by atoms with E-state index in [-0.39, 0.29) is 11.7 Å². The molecule has 5 nitrogen and oxygen atoms in total. The molecule has 1 saturated heterocycles. The van der Waals surface area contributed by atoms with E-state index in [1.165, 1.54) is 4.31 Å². The number of sulfonamides is 1. The average Bonchev–Trinajstić information content (AvgIpc) is 2.67. The van der Waals surface area contributed by atoms with Crippen LogP contribution in [0.5, 0.6) is 0 Å². The molecule has 1 aliphatic rings. The van der Waals surface area contributed by atoms with E-state index < -0.39 is 10.0 Å². The van der Waals surface area contributed by atoms with Gasteiger partial charge in [-0.15, -0.1) is 0 Å². The van der Waals surface area contributed by atoms with Gasteiger partial charge in [-0.05, 0) is 55.0 Å². The molecular formula is C21H26N2O3S. The Hall–Kier alpha value is -2.34. The van der Waals surface area contributed by atoms with Crippen LogP contribution in [0.15, 0.2) is 42.5 Å². The second-order valence-corrected chi connectivity index (χ2v) is 8.77. The third-order valence-corrected chi connectivity index (χ3v) is 6.85. The molecule has 27 heavy (non-hydrogen) atoms. The molecule has 0 spiro atoms. The number of aryl methyl sites for hydroxylation is 2. The van der Waals surface area contributed by atoms with Crippen LogP contribution in [0.1, 0.15) is 48.2 Å². The Morgan fingerprint density at radius 3 is 2.33 bits per heavy atom. The number of hydrogen-bond donors (Lipinski definition) is 1. The summed E-state index contributed by atoms with van der Waals surface area (Å²) in [6, 6.07) is 12.9. The van der Waals surface area contributed by atoms with Crippen molar-refractivity contribution in [2.75, 3.05) is 21.9 Å². The molecule has 1 heterocycles. The van der Waals surface area contributed by atoms with E-state index >= 15 is 0 Å². The number of hydrogen-bond acceptors (Lipinski definition) is 3. The first-order valence-corrected chi connectivity index (χ1v) is 11.1. The maximum absolute atomic E-state index is 12.9. The van der Waals surface area contributed by atoms with Crippen LogP contribution in [0, 0.1) is 0 Å². The highest BCUT2D eigenvalue weighted by atomic mass is 32.2. The number of benzene rings is 2. The van der Waals surface area contributed by atoms with E-state index in [9.17, 15) is 13.2 Å². The van der Waals surface area contributed by atoms with Gasteiger partial charge in [0.25, 0.3) is 5.91 Å².